The van der Waals surface area contributed by atoms with Gasteiger partial charge in [0.2, 0.25) is 11.8 Å². The fourth-order valence-electron chi connectivity index (χ4n) is 4.63. The number of hydrogen-bond donors (Lipinski definition) is 1. The third-order valence-electron chi connectivity index (χ3n) is 6.72. The van der Waals surface area contributed by atoms with Crippen molar-refractivity contribution in [3.8, 4) is 23.0 Å². The Morgan fingerprint density at radius 3 is 2.69 bits per heavy atom. The van der Waals surface area contributed by atoms with Crippen molar-refractivity contribution in [1.82, 2.24) is 15.2 Å². The van der Waals surface area contributed by atoms with E-state index < -0.39 is 0 Å². The molecule has 184 valence electrons. The summed E-state index contributed by atoms with van der Waals surface area (Å²) >= 11 is 6.11. The lowest BCUT2D eigenvalue weighted by atomic mass is 9.95. The highest BCUT2D eigenvalue weighted by Crippen LogP contribution is 2.33. The summed E-state index contributed by atoms with van der Waals surface area (Å²) in [6.07, 6.45) is 1.63. The first-order chi connectivity index (χ1) is 17.0. The van der Waals surface area contributed by atoms with Crippen molar-refractivity contribution in [3.63, 3.8) is 0 Å². The van der Waals surface area contributed by atoms with Crippen molar-refractivity contribution in [2.75, 3.05) is 26.3 Å². The van der Waals surface area contributed by atoms with Gasteiger partial charge in [0.15, 0.2) is 11.5 Å². The molecule has 1 aromatic heterocycles. The topological polar surface area (TPSA) is 76.8 Å². The second-order valence-corrected chi connectivity index (χ2v) is 9.65. The Balaban J connectivity index is 1.14. The first-order valence-electron chi connectivity index (χ1n) is 12.1. The monoisotopic (exact) mass is 495 g/mol. The van der Waals surface area contributed by atoms with E-state index in [4.69, 9.17) is 30.5 Å². The summed E-state index contributed by atoms with van der Waals surface area (Å²) < 4.78 is 17.2. The standard InChI is InChI=1S/C27H30ClN3O4/c1-17(20-6-7-24-25(15-20)34-13-12-33-24)29-26(32)19-8-10-31(11-9-19)16-23-18(2)35-27(30-23)21-4-3-5-22(28)14-21/h3-7,14-15,17,19H,8-13,16H2,1-2H3,(H,29,32)/t17-/m1/s1. The smallest absolute Gasteiger partial charge is 0.226 e. The maximum absolute atomic E-state index is 13.0. The van der Waals surface area contributed by atoms with Gasteiger partial charge in [0.05, 0.1) is 11.7 Å². The van der Waals surface area contributed by atoms with Crippen molar-refractivity contribution in [3.05, 3.63) is 64.5 Å². The first kappa shape index (κ1) is 23.7. The predicted octanol–water partition coefficient (Wildman–Crippen LogP) is 5.16. The normalized spacial score (nSPS) is 17.2. The summed E-state index contributed by atoms with van der Waals surface area (Å²) in [7, 11) is 0. The summed E-state index contributed by atoms with van der Waals surface area (Å²) in [5.41, 5.74) is 2.81. The molecule has 1 N–H and O–H groups in total. The number of rotatable bonds is 6. The van der Waals surface area contributed by atoms with E-state index in [0.29, 0.717) is 30.7 Å². The number of nitrogens with one attached hydrogen (secondary N) is 1. The fraction of sp³-hybridized carbons (Fsp3) is 0.407. The largest absolute Gasteiger partial charge is 0.486 e. The molecule has 3 heterocycles. The number of benzene rings is 2. The van der Waals surface area contributed by atoms with Crippen LogP contribution in [0.1, 0.15) is 42.8 Å². The molecule has 1 saturated heterocycles. The Kier molecular flexibility index (Phi) is 6.97. The van der Waals surface area contributed by atoms with Crippen molar-refractivity contribution >= 4 is 17.5 Å². The molecule has 0 aliphatic carbocycles. The second kappa shape index (κ2) is 10.3. The van der Waals surface area contributed by atoms with Gasteiger partial charge in [0.1, 0.15) is 19.0 Å². The van der Waals surface area contributed by atoms with Crippen LogP contribution in [0.5, 0.6) is 11.5 Å². The zero-order valence-electron chi connectivity index (χ0n) is 20.1. The number of ether oxygens (including phenoxy) is 2. The number of nitrogens with zero attached hydrogens (tertiary/aromatic N) is 2. The number of fused-ring (bicyclic) bond motifs is 1. The Morgan fingerprint density at radius 1 is 1.14 bits per heavy atom. The minimum Gasteiger partial charge on any atom is -0.486 e. The van der Waals surface area contributed by atoms with Crippen molar-refractivity contribution < 1.29 is 18.7 Å². The van der Waals surface area contributed by atoms with Crippen LogP contribution in [0, 0.1) is 12.8 Å². The fourth-order valence-corrected chi connectivity index (χ4v) is 4.82. The number of halogens is 1. The van der Waals surface area contributed by atoms with E-state index in [0.717, 1.165) is 60.0 Å². The average Bonchev–Trinajstić information content (AvgIpc) is 3.24. The van der Waals surface area contributed by atoms with Gasteiger partial charge in [0.25, 0.3) is 0 Å². The van der Waals surface area contributed by atoms with Crippen LogP contribution in [0.15, 0.2) is 46.9 Å². The lowest BCUT2D eigenvalue weighted by Crippen LogP contribution is -2.41. The van der Waals surface area contributed by atoms with E-state index in [-0.39, 0.29) is 17.9 Å². The molecular formula is C27H30ClN3O4. The number of hydrogen-bond acceptors (Lipinski definition) is 6. The third-order valence-corrected chi connectivity index (χ3v) is 6.96. The summed E-state index contributed by atoms with van der Waals surface area (Å²) in [5.74, 6) is 3.01. The maximum atomic E-state index is 13.0. The molecule has 0 saturated carbocycles. The zero-order valence-corrected chi connectivity index (χ0v) is 20.8. The summed E-state index contributed by atoms with van der Waals surface area (Å²) in [5, 5.41) is 3.84. The average molecular weight is 496 g/mol. The molecule has 1 fully saturated rings. The van der Waals surface area contributed by atoms with Gasteiger partial charge in [-0.05, 0) is 75.7 Å². The minimum atomic E-state index is -0.0981. The van der Waals surface area contributed by atoms with Crippen LogP contribution in [0.2, 0.25) is 5.02 Å². The van der Waals surface area contributed by atoms with Crippen molar-refractivity contribution in [2.45, 2.75) is 39.3 Å². The van der Waals surface area contributed by atoms with Crippen LogP contribution in [0.4, 0.5) is 0 Å². The number of oxazole rings is 1. The van der Waals surface area contributed by atoms with Gasteiger partial charge in [-0.2, -0.15) is 0 Å². The number of piperidine rings is 1. The molecule has 3 aromatic rings. The van der Waals surface area contributed by atoms with Crippen LogP contribution in [-0.2, 0) is 11.3 Å². The molecule has 0 radical (unpaired) electrons. The second-order valence-electron chi connectivity index (χ2n) is 9.22. The van der Waals surface area contributed by atoms with Gasteiger partial charge < -0.3 is 19.2 Å². The third kappa shape index (κ3) is 5.46. The number of amides is 1. The van der Waals surface area contributed by atoms with E-state index in [2.05, 4.69) is 10.2 Å². The first-order valence-corrected chi connectivity index (χ1v) is 12.5. The molecule has 2 aromatic carbocycles. The molecule has 1 atom stereocenters. The molecule has 1 amide bonds. The highest BCUT2D eigenvalue weighted by Gasteiger charge is 2.27. The molecule has 0 bridgehead atoms. The highest BCUT2D eigenvalue weighted by atomic mass is 35.5. The summed E-state index contributed by atoms with van der Waals surface area (Å²) in [6, 6.07) is 13.3. The van der Waals surface area contributed by atoms with E-state index in [9.17, 15) is 4.79 Å². The van der Waals surface area contributed by atoms with E-state index in [1.807, 2.05) is 56.3 Å². The van der Waals surface area contributed by atoms with Crippen molar-refractivity contribution in [1.29, 1.82) is 0 Å². The van der Waals surface area contributed by atoms with Gasteiger partial charge in [-0.25, -0.2) is 4.98 Å². The van der Waals surface area contributed by atoms with Crippen molar-refractivity contribution in [2.24, 2.45) is 5.92 Å². The van der Waals surface area contributed by atoms with Crippen LogP contribution in [0.25, 0.3) is 11.5 Å². The maximum Gasteiger partial charge on any atom is 0.226 e. The summed E-state index contributed by atoms with van der Waals surface area (Å²) in [6.45, 7) is 7.45. The van der Waals surface area contributed by atoms with E-state index in [1.165, 1.54) is 0 Å². The minimum absolute atomic E-state index is 0.00587. The molecule has 8 heteroatoms. The Labute approximate surface area is 210 Å². The molecule has 2 aliphatic rings. The molecule has 35 heavy (non-hydrogen) atoms. The molecule has 2 aliphatic heterocycles. The number of aryl methyl sites for hydroxylation is 1. The van der Waals surface area contributed by atoms with E-state index in [1.54, 1.807) is 0 Å². The van der Waals surface area contributed by atoms with Crippen LogP contribution in [0.3, 0.4) is 0 Å². The highest BCUT2D eigenvalue weighted by molar-refractivity contribution is 6.30. The van der Waals surface area contributed by atoms with Gasteiger partial charge in [-0.15, -0.1) is 0 Å². The molecule has 7 nitrogen and oxygen atoms in total. The van der Waals surface area contributed by atoms with Crippen LogP contribution in [-0.4, -0.2) is 42.1 Å². The Bertz CT molecular complexity index is 1200. The number of likely N-dealkylation sites (tertiary alicyclic amines) is 1. The predicted molar refractivity (Wildman–Crippen MR) is 134 cm³/mol. The Hall–Kier alpha value is -3.03. The lowest BCUT2D eigenvalue weighted by Gasteiger charge is -2.31. The van der Waals surface area contributed by atoms with Gasteiger partial charge >= 0.3 is 0 Å². The Morgan fingerprint density at radius 2 is 1.91 bits per heavy atom. The molecule has 0 unspecified atom stereocenters. The van der Waals surface area contributed by atoms with Gasteiger partial charge in [-0.1, -0.05) is 23.7 Å². The molecular weight excluding hydrogens is 466 g/mol. The number of aromatic nitrogens is 1. The quantitative estimate of drug-likeness (QED) is 0.508. The van der Waals surface area contributed by atoms with Crippen LogP contribution < -0.4 is 14.8 Å². The lowest BCUT2D eigenvalue weighted by molar-refractivity contribution is -0.127. The van der Waals surface area contributed by atoms with Crippen LogP contribution >= 0.6 is 11.6 Å². The molecule has 5 rings (SSSR count). The SMILES string of the molecule is Cc1oc(-c2cccc(Cl)c2)nc1CN1CCC(C(=O)N[C@H](C)c2ccc3c(c2)OCCO3)CC1. The van der Waals surface area contributed by atoms with Gasteiger partial charge in [-0.3, -0.25) is 9.69 Å². The summed E-state index contributed by atoms with van der Waals surface area (Å²) in [4.78, 5) is 20.0. The molecule has 0 spiro atoms. The number of carbonyl (C=O) groups excluding carboxylic acids is 1. The van der Waals surface area contributed by atoms with E-state index >= 15 is 0 Å². The zero-order chi connectivity index (χ0) is 24.4. The van der Waals surface area contributed by atoms with Gasteiger partial charge in [0, 0.05) is 23.0 Å². The number of carbonyl (C=O) groups is 1.